The molecule has 6 heteroatoms. The van der Waals surface area contributed by atoms with Crippen LogP contribution in [-0.2, 0) is 27.2 Å². The van der Waals surface area contributed by atoms with Crippen molar-refractivity contribution in [1.29, 1.82) is 0 Å². The van der Waals surface area contributed by atoms with E-state index in [1.807, 2.05) is 66.2 Å². The van der Waals surface area contributed by atoms with Gasteiger partial charge >= 0.3 is 5.97 Å². The topological polar surface area (TPSA) is 66.8 Å². The lowest BCUT2D eigenvalue weighted by molar-refractivity contribution is -0.143. The minimum absolute atomic E-state index is 0.0472. The summed E-state index contributed by atoms with van der Waals surface area (Å²) in [6.45, 7) is 5.86. The number of aromatic nitrogens is 1. The Bertz CT molecular complexity index is 1450. The van der Waals surface area contributed by atoms with Crippen molar-refractivity contribution in [2.45, 2.75) is 58.6 Å². The Labute approximate surface area is 242 Å². The zero-order chi connectivity index (χ0) is 28.6. The van der Waals surface area contributed by atoms with E-state index in [9.17, 15) is 9.59 Å². The van der Waals surface area contributed by atoms with Crippen LogP contribution in [0.15, 0.2) is 79.0 Å². The molecule has 41 heavy (non-hydrogen) atoms. The van der Waals surface area contributed by atoms with Gasteiger partial charge in [-0.25, -0.2) is 0 Å². The van der Waals surface area contributed by atoms with Crippen LogP contribution in [0.2, 0.25) is 0 Å². The normalized spacial score (nSPS) is 13.7. The predicted octanol–water partition coefficient (Wildman–Crippen LogP) is 7.32. The molecule has 0 bridgehead atoms. The fraction of sp³-hybridized carbons (Fsp3) is 0.371. The number of carbonyl (C=O) groups excluding carboxylic acids is 2. The number of esters is 1. The maximum atomic E-state index is 13.6. The van der Waals surface area contributed by atoms with Crippen molar-refractivity contribution in [3.05, 3.63) is 101 Å². The van der Waals surface area contributed by atoms with Crippen LogP contribution in [0.1, 0.15) is 72.7 Å². The van der Waals surface area contributed by atoms with Gasteiger partial charge in [0, 0.05) is 47.8 Å². The van der Waals surface area contributed by atoms with Crippen LogP contribution in [0.3, 0.4) is 0 Å². The van der Waals surface area contributed by atoms with Gasteiger partial charge in [-0.05, 0) is 86.9 Å². The molecule has 0 N–H and O–H groups in total. The van der Waals surface area contributed by atoms with Gasteiger partial charge in [-0.1, -0.05) is 42.5 Å². The number of ether oxygens (including phenoxy) is 3. The van der Waals surface area contributed by atoms with Crippen molar-refractivity contribution in [2.24, 2.45) is 5.92 Å². The van der Waals surface area contributed by atoms with Crippen molar-refractivity contribution in [2.75, 3.05) is 19.8 Å². The number of carbonyl (C=O) groups is 2. The molecule has 214 valence electrons. The second-order valence-corrected chi connectivity index (χ2v) is 10.7. The minimum atomic E-state index is -0.237. The van der Waals surface area contributed by atoms with Gasteiger partial charge in [0.25, 0.3) is 0 Å². The van der Waals surface area contributed by atoms with Crippen molar-refractivity contribution in [3.63, 3.8) is 0 Å². The quantitative estimate of drug-likeness (QED) is 0.114. The Morgan fingerprint density at radius 3 is 2.39 bits per heavy atom. The second-order valence-electron chi connectivity index (χ2n) is 10.7. The van der Waals surface area contributed by atoms with E-state index in [2.05, 4.69) is 24.3 Å². The summed E-state index contributed by atoms with van der Waals surface area (Å²) >= 11 is 0. The van der Waals surface area contributed by atoms with Gasteiger partial charge < -0.3 is 18.8 Å². The average Bonchev–Trinajstić information content (AvgIpc) is 3.74. The molecule has 1 aliphatic rings. The molecule has 1 atom stereocenters. The lowest BCUT2D eigenvalue weighted by Gasteiger charge is -2.20. The summed E-state index contributed by atoms with van der Waals surface area (Å²) in [6, 6.07) is 23.9. The van der Waals surface area contributed by atoms with E-state index in [1.54, 1.807) is 6.92 Å². The molecule has 1 fully saturated rings. The monoisotopic (exact) mass is 553 g/mol. The fourth-order valence-corrected chi connectivity index (χ4v) is 5.19. The first kappa shape index (κ1) is 28.6. The molecule has 0 aliphatic heterocycles. The maximum Gasteiger partial charge on any atom is 0.305 e. The predicted molar refractivity (Wildman–Crippen MR) is 160 cm³/mol. The lowest BCUT2D eigenvalue weighted by atomic mass is 10.0. The Morgan fingerprint density at radius 2 is 1.68 bits per heavy atom. The number of benzene rings is 3. The molecule has 4 aromatic rings. The first-order valence-electron chi connectivity index (χ1n) is 14.8. The number of rotatable bonds is 15. The molecule has 1 unspecified atom stereocenters. The highest BCUT2D eigenvalue weighted by Crippen LogP contribution is 2.33. The summed E-state index contributed by atoms with van der Waals surface area (Å²) in [5.74, 6) is 1.30. The first-order chi connectivity index (χ1) is 20.1. The van der Waals surface area contributed by atoms with Gasteiger partial charge in [0.2, 0.25) is 0 Å². The zero-order valence-corrected chi connectivity index (χ0v) is 24.0. The molecule has 0 saturated heterocycles. The number of hydrogen-bond donors (Lipinski definition) is 0. The number of nitrogens with zero attached hydrogens (tertiary/aromatic N) is 1. The molecule has 3 aromatic carbocycles. The molecule has 0 radical (unpaired) electrons. The second kappa shape index (κ2) is 13.6. The molecule has 1 aliphatic carbocycles. The molecule has 1 heterocycles. The van der Waals surface area contributed by atoms with Gasteiger partial charge in [-0.3, -0.25) is 9.59 Å². The van der Waals surface area contributed by atoms with Crippen molar-refractivity contribution in [3.8, 4) is 5.75 Å². The summed E-state index contributed by atoms with van der Waals surface area (Å²) in [7, 11) is 0. The summed E-state index contributed by atoms with van der Waals surface area (Å²) in [5, 5.41) is 0.899. The fourth-order valence-electron chi connectivity index (χ4n) is 5.19. The Balaban J connectivity index is 1.28. The van der Waals surface area contributed by atoms with E-state index < -0.39 is 0 Å². The van der Waals surface area contributed by atoms with E-state index in [-0.39, 0.29) is 17.9 Å². The summed E-state index contributed by atoms with van der Waals surface area (Å²) in [4.78, 5) is 25.4. The molecule has 1 saturated carbocycles. The molecular formula is C35H39NO5. The SMILES string of the molecule is CCOCC(Oc1ccc(C(=O)c2cn(CCCC(=O)OCC)c3ccccc23)cc1)c1ccc(CC2CC2)cc1. The van der Waals surface area contributed by atoms with Crippen LogP contribution in [-0.4, -0.2) is 36.1 Å². The van der Waals surface area contributed by atoms with Gasteiger partial charge in [-0.15, -0.1) is 0 Å². The van der Waals surface area contributed by atoms with E-state index >= 15 is 0 Å². The third-order valence-electron chi connectivity index (χ3n) is 7.56. The highest BCUT2D eigenvalue weighted by Gasteiger charge is 2.22. The van der Waals surface area contributed by atoms with E-state index in [4.69, 9.17) is 14.2 Å². The molecule has 5 rings (SSSR count). The van der Waals surface area contributed by atoms with Gasteiger partial charge in [-0.2, -0.15) is 0 Å². The van der Waals surface area contributed by atoms with E-state index in [0.717, 1.165) is 28.8 Å². The number of hydrogen-bond acceptors (Lipinski definition) is 5. The third-order valence-corrected chi connectivity index (χ3v) is 7.56. The Kier molecular flexibility index (Phi) is 9.52. The van der Waals surface area contributed by atoms with Crippen molar-refractivity contribution < 1.29 is 23.8 Å². The Hall–Kier alpha value is -3.90. The number of fused-ring (bicyclic) bond motifs is 1. The molecule has 1 aromatic heterocycles. The van der Waals surface area contributed by atoms with Crippen LogP contribution < -0.4 is 4.74 Å². The number of para-hydroxylation sites is 1. The Morgan fingerprint density at radius 1 is 0.927 bits per heavy atom. The minimum Gasteiger partial charge on any atom is -0.483 e. The first-order valence-corrected chi connectivity index (χ1v) is 14.8. The van der Waals surface area contributed by atoms with E-state index in [1.165, 1.54) is 18.4 Å². The van der Waals surface area contributed by atoms with Crippen molar-refractivity contribution >= 4 is 22.7 Å². The smallest absolute Gasteiger partial charge is 0.305 e. The lowest BCUT2D eigenvalue weighted by Crippen LogP contribution is -2.15. The summed E-state index contributed by atoms with van der Waals surface area (Å²) in [5.41, 5.74) is 4.66. The van der Waals surface area contributed by atoms with Crippen molar-refractivity contribution in [1.82, 2.24) is 4.57 Å². The van der Waals surface area contributed by atoms with Gasteiger partial charge in [0.05, 0.1) is 13.2 Å². The standard InChI is InChI=1S/C35H39NO5/c1-3-39-24-33(27-15-13-26(14-16-27)22-25-11-12-25)41-29-19-17-28(18-20-29)35(38)31-23-36(21-7-10-34(37)40-4-2)32-9-6-5-8-30(31)32/h5-6,8-9,13-20,23,25,33H,3-4,7,10-12,21-22,24H2,1-2H3. The van der Waals surface area contributed by atoms with Gasteiger partial charge in [0.1, 0.15) is 11.9 Å². The van der Waals surface area contributed by atoms with Crippen LogP contribution in [0.25, 0.3) is 10.9 Å². The highest BCUT2D eigenvalue weighted by molar-refractivity contribution is 6.16. The van der Waals surface area contributed by atoms with Crippen LogP contribution in [0.4, 0.5) is 0 Å². The highest BCUT2D eigenvalue weighted by atomic mass is 16.5. The number of ketones is 1. The average molecular weight is 554 g/mol. The molecule has 0 spiro atoms. The van der Waals surface area contributed by atoms with E-state index in [0.29, 0.717) is 56.1 Å². The van der Waals surface area contributed by atoms with Crippen LogP contribution in [0, 0.1) is 5.92 Å². The maximum absolute atomic E-state index is 13.6. The largest absolute Gasteiger partial charge is 0.483 e. The van der Waals surface area contributed by atoms with Crippen LogP contribution >= 0.6 is 0 Å². The zero-order valence-electron chi connectivity index (χ0n) is 24.0. The van der Waals surface area contributed by atoms with Gasteiger partial charge in [0.15, 0.2) is 5.78 Å². The number of aryl methyl sites for hydroxylation is 1. The summed E-state index contributed by atoms with van der Waals surface area (Å²) in [6.07, 6.45) is 6.49. The third kappa shape index (κ3) is 7.44. The molecule has 6 nitrogen and oxygen atoms in total. The van der Waals surface area contributed by atoms with Crippen LogP contribution in [0.5, 0.6) is 5.75 Å². The summed E-state index contributed by atoms with van der Waals surface area (Å²) < 4.78 is 19.2. The molecule has 0 amide bonds. The molecular weight excluding hydrogens is 514 g/mol.